The van der Waals surface area contributed by atoms with E-state index in [1.165, 1.54) is 0 Å². The Hall–Kier alpha value is -1.91. The molecule has 1 aliphatic heterocycles. The number of carbonyl (C=O) groups is 1. The van der Waals surface area contributed by atoms with Crippen LogP contribution in [0.3, 0.4) is 0 Å². The van der Waals surface area contributed by atoms with Crippen molar-refractivity contribution in [1.29, 1.82) is 0 Å². The molecule has 1 unspecified atom stereocenters. The molecule has 0 radical (unpaired) electrons. The lowest BCUT2D eigenvalue weighted by Gasteiger charge is -2.33. The zero-order valence-corrected chi connectivity index (χ0v) is 12.7. The number of amides is 1. The number of carbonyl (C=O) groups excluding carboxylic acids is 1. The number of rotatable bonds is 4. The Bertz CT molecular complexity index is 651. The van der Waals surface area contributed by atoms with Gasteiger partial charge in [-0.25, -0.2) is 0 Å². The highest BCUT2D eigenvalue weighted by Crippen LogP contribution is 2.23. The third-order valence-electron chi connectivity index (χ3n) is 4.37. The van der Waals surface area contributed by atoms with Crippen LogP contribution in [0.1, 0.15) is 19.3 Å². The summed E-state index contributed by atoms with van der Waals surface area (Å²) in [4.78, 5) is 14.4. The quantitative estimate of drug-likeness (QED) is 0.912. The van der Waals surface area contributed by atoms with Crippen molar-refractivity contribution in [2.24, 2.45) is 0 Å². The maximum absolute atomic E-state index is 12.4. The van der Waals surface area contributed by atoms with Gasteiger partial charge in [-0.05, 0) is 30.8 Å². The molecule has 3 rings (SSSR count). The molecule has 0 spiro atoms. The fourth-order valence-corrected chi connectivity index (χ4v) is 3.18. The largest absolute Gasteiger partial charge is 0.395 e. The summed E-state index contributed by atoms with van der Waals surface area (Å²) in [5, 5.41) is 14.6. The van der Waals surface area contributed by atoms with Crippen molar-refractivity contribution in [2.75, 3.05) is 25.0 Å². The minimum absolute atomic E-state index is 0.0169. The summed E-state index contributed by atoms with van der Waals surface area (Å²) >= 11 is 0. The molecule has 0 bridgehead atoms. The maximum atomic E-state index is 12.4. The van der Waals surface area contributed by atoms with Crippen LogP contribution in [0.15, 0.2) is 42.5 Å². The average molecular weight is 298 g/mol. The van der Waals surface area contributed by atoms with E-state index < -0.39 is 0 Å². The second-order valence-corrected chi connectivity index (χ2v) is 5.88. The SMILES string of the molecule is O=C(CN1CCCCC1CO)Nc1cccc2ccccc12. The van der Waals surface area contributed by atoms with Crippen LogP contribution in [-0.4, -0.2) is 41.7 Å². The molecule has 4 nitrogen and oxygen atoms in total. The Morgan fingerprint density at radius 1 is 1.18 bits per heavy atom. The van der Waals surface area contributed by atoms with Crippen molar-refractivity contribution in [3.8, 4) is 0 Å². The Kier molecular flexibility index (Phi) is 4.71. The van der Waals surface area contributed by atoms with Crippen molar-refractivity contribution in [2.45, 2.75) is 25.3 Å². The van der Waals surface area contributed by atoms with Crippen molar-refractivity contribution in [1.82, 2.24) is 4.90 Å². The summed E-state index contributed by atoms with van der Waals surface area (Å²) < 4.78 is 0. The maximum Gasteiger partial charge on any atom is 0.238 e. The van der Waals surface area contributed by atoms with Crippen LogP contribution in [0.2, 0.25) is 0 Å². The van der Waals surface area contributed by atoms with Gasteiger partial charge in [0.2, 0.25) is 5.91 Å². The van der Waals surface area contributed by atoms with E-state index in [0.29, 0.717) is 6.54 Å². The Labute approximate surface area is 130 Å². The van der Waals surface area contributed by atoms with E-state index >= 15 is 0 Å². The summed E-state index contributed by atoms with van der Waals surface area (Å²) in [6.45, 7) is 1.35. The van der Waals surface area contributed by atoms with Gasteiger partial charge in [0.15, 0.2) is 0 Å². The highest BCUT2D eigenvalue weighted by molar-refractivity contribution is 6.02. The normalized spacial score (nSPS) is 19.2. The first kappa shape index (κ1) is 15.0. The lowest BCUT2D eigenvalue weighted by Crippen LogP contribution is -2.45. The highest BCUT2D eigenvalue weighted by Gasteiger charge is 2.23. The number of hydrogen-bond acceptors (Lipinski definition) is 3. The van der Waals surface area contributed by atoms with Gasteiger partial charge in [-0.15, -0.1) is 0 Å². The molecule has 2 N–H and O–H groups in total. The minimum Gasteiger partial charge on any atom is -0.395 e. The molecule has 0 aromatic heterocycles. The number of fused-ring (bicyclic) bond motifs is 1. The molecule has 1 aliphatic rings. The molecular formula is C18H22N2O2. The third-order valence-corrected chi connectivity index (χ3v) is 4.37. The average Bonchev–Trinajstić information content (AvgIpc) is 2.55. The van der Waals surface area contributed by atoms with E-state index in [0.717, 1.165) is 42.3 Å². The fourth-order valence-electron chi connectivity index (χ4n) is 3.18. The molecule has 116 valence electrons. The number of likely N-dealkylation sites (tertiary alicyclic amines) is 1. The monoisotopic (exact) mass is 298 g/mol. The van der Waals surface area contributed by atoms with Crippen molar-refractivity contribution >= 4 is 22.4 Å². The molecule has 1 fully saturated rings. The number of aliphatic hydroxyl groups is 1. The van der Waals surface area contributed by atoms with Crippen LogP contribution >= 0.6 is 0 Å². The van der Waals surface area contributed by atoms with Gasteiger partial charge in [-0.1, -0.05) is 42.8 Å². The topological polar surface area (TPSA) is 52.6 Å². The van der Waals surface area contributed by atoms with Gasteiger partial charge in [0.25, 0.3) is 0 Å². The second-order valence-electron chi connectivity index (χ2n) is 5.88. The van der Waals surface area contributed by atoms with E-state index in [-0.39, 0.29) is 18.6 Å². The van der Waals surface area contributed by atoms with E-state index in [1.54, 1.807) is 0 Å². The van der Waals surface area contributed by atoms with E-state index in [2.05, 4.69) is 10.2 Å². The van der Waals surface area contributed by atoms with Gasteiger partial charge >= 0.3 is 0 Å². The Morgan fingerprint density at radius 2 is 2.00 bits per heavy atom. The molecule has 0 aliphatic carbocycles. The van der Waals surface area contributed by atoms with Crippen LogP contribution in [0.25, 0.3) is 10.8 Å². The van der Waals surface area contributed by atoms with Gasteiger partial charge < -0.3 is 10.4 Å². The van der Waals surface area contributed by atoms with Crippen molar-refractivity contribution < 1.29 is 9.90 Å². The fraction of sp³-hybridized carbons (Fsp3) is 0.389. The van der Waals surface area contributed by atoms with Gasteiger partial charge in [0.1, 0.15) is 0 Å². The number of nitrogens with one attached hydrogen (secondary N) is 1. The zero-order valence-electron chi connectivity index (χ0n) is 12.7. The number of piperidine rings is 1. The number of anilines is 1. The van der Waals surface area contributed by atoms with Gasteiger partial charge in [-0.3, -0.25) is 9.69 Å². The van der Waals surface area contributed by atoms with Crippen LogP contribution in [0, 0.1) is 0 Å². The number of aliphatic hydroxyl groups excluding tert-OH is 1. The summed E-state index contributed by atoms with van der Waals surface area (Å²) in [5.74, 6) is -0.0169. The summed E-state index contributed by atoms with van der Waals surface area (Å²) in [5.41, 5.74) is 0.848. The van der Waals surface area contributed by atoms with Crippen LogP contribution in [0.4, 0.5) is 5.69 Å². The molecule has 4 heteroatoms. The molecular weight excluding hydrogens is 276 g/mol. The Morgan fingerprint density at radius 3 is 2.86 bits per heavy atom. The van der Waals surface area contributed by atoms with Crippen molar-refractivity contribution in [3.63, 3.8) is 0 Å². The van der Waals surface area contributed by atoms with E-state index in [4.69, 9.17) is 0 Å². The molecule has 2 aromatic carbocycles. The van der Waals surface area contributed by atoms with Gasteiger partial charge in [-0.2, -0.15) is 0 Å². The van der Waals surface area contributed by atoms with E-state index in [9.17, 15) is 9.90 Å². The summed E-state index contributed by atoms with van der Waals surface area (Å²) in [6, 6.07) is 14.1. The molecule has 22 heavy (non-hydrogen) atoms. The standard InChI is InChI=1S/C18H22N2O2/c21-13-15-8-3-4-11-20(15)12-18(22)19-17-10-5-7-14-6-1-2-9-16(14)17/h1-2,5-7,9-10,15,21H,3-4,8,11-13H2,(H,19,22). The van der Waals surface area contributed by atoms with Gasteiger partial charge in [0, 0.05) is 17.1 Å². The molecule has 1 heterocycles. The van der Waals surface area contributed by atoms with Gasteiger partial charge in [0.05, 0.1) is 13.2 Å². The molecule has 1 atom stereocenters. The smallest absolute Gasteiger partial charge is 0.238 e. The van der Waals surface area contributed by atoms with Crippen LogP contribution in [-0.2, 0) is 4.79 Å². The minimum atomic E-state index is -0.0169. The first-order valence-electron chi connectivity index (χ1n) is 7.90. The number of nitrogens with zero attached hydrogens (tertiary/aromatic N) is 1. The first-order chi connectivity index (χ1) is 10.8. The van der Waals surface area contributed by atoms with Crippen molar-refractivity contribution in [3.05, 3.63) is 42.5 Å². The second kappa shape index (κ2) is 6.90. The molecule has 0 saturated carbocycles. The molecule has 1 amide bonds. The Balaban J connectivity index is 1.70. The molecule has 1 saturated heterocycles. The zero-order chi connectivity index (χ0) is 15.4. The lowest BCUT2D eigenvalue weighted by atomic mass is 10.0. The van der Waals surface area contributed by atoms with Crippen LogP contribution < -0.4 is 5.32 Å². The number of hydrogen-bond donors (Lipinski definition) is 2. The number of benzene rings is 2. The predicted octanol–water partition coefficient (Wildman–Crippen LogP) is 2.63. The van der Waals surface area contributed by atoms with Crippen LogP contribution in [0.5, 0.6) is 0 Å². The predicted molar refractivity (Wildman–Crippen MR) is 88.9 cm³/mol. The molecule has 2 aromatic rings. The lowest BCUT2D eigenvalue weighted by molar-refractivity contribution is -0.118. The first-order valence-corrected chi connectivity index (χ1v) is 7.90. The van der Waals surface area contributed by atoms with E-state index in [1.807, 2.05) is 42.5 Å². The third kappa shape index (κ3) is 3.29. The highest BCUT2D eigenvalue weighted by atomic mass is 16.3. The summed E-state index contributed by atoms with van der Waals surface area (Å²) in [6.07, 6.45) is 3.20. The summed E-state index contributed by atoms with van der Waals surface area (Å²) in [7, 11) is 0.